The van der Waals surface area contributed by atoms with Crippen LogP contribution in [0.4, 0.5) is 11.4 Å². The summed E-state index contributed by atoms with van der Waals surface area (Å²) in [4.78, 5) is 35.5. The predicted molar refractivity (Wildman–Crippen MR) is 94.5 cm³/mol. The average Bonchev–Trinajstić information content (AvgIpc) is 2.57. The maximum atomic E-state index is 12.2. The van der Waals surface area contributed by atoms with Gasteiger partial charge in [0, 0.05) is 29.9 Å². The van der Waals surface area contributed by atoms with E-state index in [-0.39, 0.29) is 30.5 Å². The zero-order valence-corrected chi connectivity index (χ0v) is 14.2. The van der Waals surface area contributed by atoms with Crippen LogP contribution in [0.25, 0.3) is 0 Å². The fraction of sp³-hybridized carbons (Fsp3) is 0.176. The van der Waals surface area contributed by atoms with E-state index in [4.69, 9.17) is 11.6 Å². The van der Waals surface area contributed by atoms with Crippen LogP contribution >= 0.6 is 11.6 Å². The summed E-state index contributed by atoms with van der Waals surface area (Å²) in [7, 11) is 1.52. The van der Waals surface area contributed by atoms with Crippen LogP contribution in [0, 0.1) is 10.1 Å². The molecule has 0 saturated heterocycles. The highest BCUT2D eigenvalue weighted by atomic mass is 35.5. The number of likely N-dealkylation sites (N-methyl/N-ethyl adjacent to an activating group) is 1. The average molecular weight is 362 g/mol. The Morgan fingerprint density at radius 2 is 1.72 bits per heavy atom. The number of hydrogen-bond acceptors (Lipinski definition) is 4. The van der Waals surface area contributed by atoms with Gasteiger partial charge in [-0.3, -0.25) is 19.7 Å². The topological polar surface area (TPSA) is 92.6 Å². The second-order valence-corrected chi connectivity index (χ2v) is 5.84. The molecule has 0 aliphatic carbocycles. The Balaban J connectivity index is 1.87. The molecule has 2 rings (SSSR count). The lowest BCUT2D eigenvalue weighted by molar-refractivity contribution is -0.384. The number of amides is 2. The number of benzene rings is 2. The number of carbonyl (C=O) groups is 2. The van der Waals surface area contributed by atoms with Crippen molar-refractivity contribution in [1.29, 1.82) is 0 Å². The van der Waals surface area contributed by atoms with Gasteiger partial charge in [0.15, 0.2) is 0 Å². The Morgan fingerprint density at radius 1 is 1.12 bits per heavy atom. The summed E-state index contributed by atoms with van der Waals surface area (Å²) in [5.41, 5.74) is 1.19. The number of rotatable bonds is 6. The standard InChI is InChI=1S/C17H16ClN3O4/c1-20(11-16(22)19-14-6-4-13(18)5-7-14)17(23)10-12-2-8-15(9-3-12)21(24)25/h2-9H,10-11H2,1H3,(H,19,22). The van der Waals surface area contributed by atoms with Gasteiger partial charge in [0.25, 0.3) is 5.69 Å². The van der Waals surface area contributed by atoms with Gasteiger partial charge in [-0.2, -0.15) is 0 Å². The smallest absolute Gasteiger partial charge is 0.269 e. The van der Waals surface area contributed by atoms with Crippen LogP contribution < -0.4 is 5.32 Å². The summed E-state index contributed by atoms with van der Waals surface area (Å²) in [6.07, 6.45) is 0.0583. The molecule has 25 heavy (non-hydrogen) atoms. The minimum Gasteiger partial charge on any atom is -0.336 e. The van der Waals surface area contributed by atoms with E-state index in [1.54, 1.807) is 24.3 Å². The molecule has 0 saturated carbocycles. The van der Waals surface area contributed by atoms with Gasteiger partial charge < -0.3 is 10.2 Å². The molecule has 0 aliphatic heterocycles. The number of non-ortho nitro benzene ring substituents is 1. The van der Waals surface area contributed by atoms with E-state index in [2.05, 4.69) is 5.32 Å². The first-order chi connectivity index (χ1) is 11.8. The van der Waals surface area contributed by atoms with Crippen LogP contribution in [-0.4, -0.2) is 35.2 Å². The Hall–Kier alpha value is -2.93. The maximum Gasteiger partial charge on any atom is 0.269 e. The van der Waals surface area contributed by atoms with E-state index in [0.717, 1.165) is 0 Å². The molecule has 0 atom stereocenters. The highest BCUT2D eigenvalue weighted by Gasteiger charge is 2.14. The molecule has 0 aromatic heterocycles. The number of anilines is 1. The quantitative estimate of drug-likeness (QED) is 0.632. The third kappa shape index (κ3) is 5.58. The minimum atomic E-state index is -0.501. The molecule has 0 fully saturated rings. The summed E-state index contributed by atoms with van der Waals surface area (Å²) in [5, 5.41) is 13.8. The molecule has 0 radical (unpaired) electrons. The van der Waals surface area contributed by atoms with Crippen LogP contribution in [0.15, 0.2) is 48.5 Å². The van der Waals surface area contributed by atoms with Crippen LogP contribution in [0.1, 0.15) is 5.56 Å². The molecular weight excluding hydrogens is 346 g/mol. The molecule has 1 N–H and O–H groups in total. The van der Waals surface area contributed by atoms with Crippen molar-refractivity contribution in [1.82, 2.24) is 4.90 Å². The number of carbonyl (C=O) groups excluding carboxylic acids is 2. The number of hydrogen-bond donors (Lipinski definition) is 1. The molecule has 130 valence electrons. The lowest BCUT2D eigenvalue weighted by Crippen LogP contribution is -2.35. The van der Waals surface area contributed by atoms with Crippen molar-refractivity contribution in [2.24, 2.45) is 0 Å². The third-order valence-electron chi connectivity index (χ3n) is 3.44. The zero-order valence-electron chi connectivity index (χ0n) is 13.4. The molecule has 8 heteroatoms. The summed E-state index contributed by atoms with van der Waals surface area (Å²) in [5.74, 6) is -0.595. The molecule has 2 amide bonds. The minimum absolute atomic E-state index is 0.0353. The lowest BCUT2D eigenvalue weighted by atomic mass is 10.1. The number of nitrogens with zero attached hydrogens (tertiary/aromatic N) is 2. The van der Waals surface area contributed by atoms with E-state index < -0.39 is 4.92 Å². The van der Waals surface area contributed by atoms with E-state index >= 15 is 0 Å². The van der Waals surface area contributed by atoms with Crippen molar-refractivity contribution >= 4 is 34.8 Å². The third-order valence-corrected chi connectivity index (χ3v) is 3.69. The summed E-state index contributed by atoms with van der Waals surface area (Å²) in [6.45, 7) is -0.103. The first kappa shape index (κ1) is 18.4. The van der Waals surface area contributed by atoms with Gasteiger partial charge in [0.1, 0.15) is 0 Å². The summed E-state index contributed by atoms with van der Waals surface area (Å²) in [6, 6.07) is 12.4. The van der Waals surface area contributed by atoms with Crippen LogP contribution in [0.5, 0.6) is 0 Å². The number of nitrogens with one attached hydrogen (secondary N) is 1. The van der Waals surface area contributed by atoms with E-state index in [1.165, 1.54) is 36.2 Å². The molecule has 0 spiro atoms. The Morgan fingerprint density at radius 3 is 2.28 bits per heavy atom. The molecule has 7 nitrogen and oxygen atoms in total. The maximum absolute atomic E-state index is 12.2. The van der Waals surface area contributed by atoms with Gasteiger partial charge in [0.05, 0.1) is 17.9 Å². The van der Waals surface area contributed by atoms with Crippen molar-refractivity contribution < 1.29 is 14.5 Å². The Labute approximate surface area is 149 Å². The normalized spacial score (nSPS) is 10.2. The van der Waals surface area contributed by atoms with Gasteiger partial charge in [0.2, 0.25) is 11.8 Å². The Kier molecular flexibility index (Phi) is 6.08. The second kappa shape index (κ2) is 8.25. The first-order valence-corrected chi connectivity index (χ1v) is 7.75. The van der Waals surface area contributed by atoms with Crippen molar-refractivity contribution in [2.75, 3.05) is 18.9 Å². The SMILES string of the molecule is CN(CC(=O)Nc1ccc(Cl)cc1)C(=O)Cc1ccc([N+](=O)[O-])cc1. The van der Waals surface area contributed by atoms with Crippen molar-refractivity contribution in [3.05, 3.63) is 69.2 Å². The lowest BCUT2D eigenvalue weighted by Gasteiger charge is -2.17. The predicted octanol–water partition coefficient (Wildman–Crippen LogP) is 2.89. The van der Waals surface area contributed by atoms with Crippen LogP contribution in [-0.2, 0) is 16.0 Å². The zero-order chi connectivity index (χ0) is 18.4. The number of nitro benzene ring substituents is 1. The van der Waals surface area contributed by atoms with Gasteiger partial charge in [-0.25, -0.2) is 0 Å². The molecular formula is C17H16ClN3O4. The fourth-order valence-electron chi connectivity index (χ4n) is 2.08. The molecule has 0 bridgehead atoms. The van der Waals surface area contributed by atoms with Crippen molar-refractivity contribution in [3.8, 4) is 0 Å². The largest absolute Gasteiger partial charge is 0.336 e. The molecule has 0 unspecified atom stereocenters. The van der Waals surface area contributed by atoms with E-state index in [0.29, 0.717) is 16.3 Å². The molecule has 0 heterocycles. The fourth-order valence-corrected chi connectivity index (χ4v) is 2.21. The molecule has 0 aliphatic rings. The monoisotopic (exact) mass is 361 g/mol. The summed E-state index contributed by atoms with van der Waals surface area (Å²) >= 11 is 5.78. The number of halogens is 1. The highest BCUT2D eigenvalue weighted by Crippen LogP contribution is 2.14. The van der Waals surface area contributed by atoms with Crippen molar-refractivity contribution in [2.45, 2.75) is 6.42 Å². The van der Waals surface area contributed by atoms with E-state index in [1.807, 2.05) is 0 Å². The van der Waals surface area contributed by atoms with Gasteiger partial charge in [-0.1, -0.05) is 23.7 Å². The van der Waals surface area contributed by atoms with Gasteiger partial charge in [-0.05, 0) is 29.8 Å². The first-order valence-electron chi connectivity index (χ1n) is 7.38. The molecule has 2 aromatic rings. The molecule has 2 aromatic carbocycles. The second-order valence-electron chi connectivity index (χ2n) is 5.41. The number of nitro groups is 1. The highest BCUT2D eigenvalue weighted by molar-refractivity contribution is 6.30. The van der Waals surface area contributed by atoms with Gasteiger partial charge in [-0.15, -0.1) is 0 Å². The van der Waals surface area contributed by atoms with E-state index in [9.17, 15) is 19.7 Å². The summed E-state index contributed by atoms with van der Waals surface area (Å²) < 4.78 is 0. The van der Waals surface area contributed by atoms with Crippen molar-refractivity contribution in [3.63, 3.8) is 0 Å². The van der Waals surface area contributed by atoms with Crippen LogP contribution in [0.2, 0.25) is 5.02 Å². The van der Waals surface area contributed by atoms with Gasteiger partial charge >= 0.3 is 0 Å². The van der Waals surface area contributed by atoms with Crippen LogP contribution in [0.3, 0.4) is 0 Å². The Bertz CT molecular complexity index is 775.